The topological polar surface area (TPSA) is 146 Å². The van der Waals surface area contributed by atoms with Crippen molar-refractivity contribution in [2.75, 3.05) is 54.4 Å². The van der Waals surface area contributed by atoms with Crippen LogP contribution in [0.15, 0.2) is 53.6 Å². The Balaban J connectivity index is 0.857. The number of imide groups is 1. The normalized spacial score (nSPS) is 20.6. The van der Waals surface area contributed by atoms with E-state index in [0.29, 0.717) is 41.9 Å². The molecule has 3 saturated heterocycles. The van der Waals surface area contributed by atoms with Crippen LogP contribution in [-0.2, 0) is 9.59 Å². The minimum Gasteiger partial charge on any atom is -0.370 e. The number of fused-ring (bicyclic) bond motifs is 1. The summed E-state index contributed by atoms with van der Waals surface area (Å²) in [5, 5.41) is 6.42. The lowest BCUT2D eigenvalue weighted by atomic mass is 9.90. The van der Waals surface area contributed by atoms with Gasteiger partial charge in [0.25, 0.3) is 5.56 Å². The van der Waals surface area contributed by atoms with Gasteiger partial charge in [-0.1, -0.05) is 25.0 Å². The van der Waals surface area contributed by atoms with Crippen LogP contribution in [-0.4, -0.2) is 87.3 Å². The third-order valence-corrected chi connectivity index (χ3v) is 11.8. The molecule has 3 aromatic heterocycles. The van der Waals surface area contributed by atoms with Crippen LogP contribution in [0.5, 0.6) is 0 Å². The van der Waals surface area contributed by atoms with E-state index < -0.39 is 0 Å². The molecule has 276 valence electrons. The summed E-state index contributed by atoms with van der Waals surface area (Å²) >= 11 is 0. The van der Waals surface area contributed by atoms with Gasteiger partial charge in [0.05, 0.1) is 23.4 Å². The number of rotatable bonds is 8. The average molecular weight is 718 g/mol. The first-order chi connectivity index (χ1) is 25.7. The Morgan fingerprint density at radius 1 is 0.792 bits per heavy atom. The van der Waals surface area contributed by atoms with E-state index in [4.69, 9.17) is 9.97 Å². The molecule has 2 N–H and O–H groups in total. The van der Waals surface area contributed by atoms with Gasteiger partial charge < -0.3 is 15.1 Å². The molecule has 1 saturated carbocycles. The Hall–Kier alpha value is -5.17. The second-order valence-corrected chi connectivity index (χ2v) is 15.0. The van der Waals surface area contributed by atoms with Crippen LogP contribution in [0.2, 0.25) is 0 Å². The van der Waals surface area contributed by atoms with E-state index in [1.54, 1.807) is 17.7 Å². The smallest absolute Gasteiger partial charge is 0.263 e. The predicted octanol–water partition coefficient (Wildman–Crippen LogP) is 4.87. The fourth-order valence-electron chi connectivity index (χ4n) is 8.83. The standard InChI is InChI=1S/C40H47N9O4/c1-25-33-24-42-40(45-37(33)49(30-5-3-4-6-30)39(53)36(25)26(2)50)43-34-13-11-31(23-41-34)46-17-15-29(16-18-46)48-21-19-47(20-22-48)28-9-7-27(8-10-28)32-12-14-35(51)44-38(32)52/h7-11,13,23-24,29-30,32H,3-6,12,14-22H2,1-2H3,(H,44,51,52)(H,41,42,43,45). The summed E-state index contributed by atoms with van der Waals surface area (Å²) < 4.78 is 1.73. The predicted molar refractivity (Wildman–Crippen MR) is 204 cm³/mol. The van der Waals surface area contributed by atoms with Crippen molar-refractivity contribution in [3.05, 3.63) is 75.8 Å². The third kappa shape index (κ3) is 7.01. The lowest BCUT2D eigenvalue weighted by Gasteiger charge is -2.43. The summed E-state index contributed by atoms with van der Waals surface area (Å²) in [4.78, 5) is 71.3. The summed E-state index contributed by atoms with van der Waals surface area (Å²) in [5.74, 6) is 0.127. The van der Waals surface area contributed by atoms with Gasteiger partial charge in [0, 0.05) is 75.0 Å². The highest BCUT2D eigenvalue weighted by Gasteiger charge is 2.30. The van der Waals surface area contributed by atoms with Gasteiger partial charge in [-0.3, -0.25) is 34.0 Å². The van der Waals surface area contributed by atoms with Crippen LogP contribution in [0.3, 0.4) is 0 Å². The number of ketones is 1. The summed E-state index contributed by atoms with van der Waals surface area (Å²) in [6, 6.07) is 12.9. The van der Waals surface area contributed by atoms with Crippen LogP contribution in [0, 0.1) is 6.92 Å². The number of hydrogen-bond donors (Lipinski definition) is 2. The lowest BCUT2D eigenvalue weighted by Crippen LogP contribution is -2.53. The average Bonchev–Trinajstić information content (AvgIpc) is 3.70. The molecule has 13 nitrogen and oxygen atoms in total. The molecule has 0 spiro atoms. The van der Waals surface area contributed by atoms with Gasteiger partial charge in [0.1, 0.15) is 11.5 Å². The van der Waals surface area contributed by atoms with Crippen LogP contribution >= 0.6 is 0 Å². The first-order valence-corrected chi connectivity index (χ1v) is 19.1. The van der Waals surface area contributed by atoms with Crippen molar-refractivity contribution >= 4 is 51.8 Å². The van der Waals surface area contributed by atoms with Gasteiger partial charge in [-0.25, -0.2) is 9.97 Å². The van der Waals surface area contributed by atoms with E-state index in [-0.39, 0.29) is 40.7 Å². The first-order valence-electron chi connectivity index (χ1n) is 19.1. The van der Waals surface area contributed by atoms with Crippen molar-refractivity contribution in [3.8, 4) is 0 Å². The van der Waals surface area contributed by atoms with Crippen molar-refractivity contribution in [2.45, 2.75) is 83.2 Å². The van der Waals surface area contributed by atoms with Crippen molar-refractivity contribution in [3.63, 3.8) is 0 Å². The van der Waals surface area contributed by atoms with Gasteiger partial charge in [0.2, 0.25) is 17.8 Å². The van der Waals surface area contributed by atoms with Crippen LogP contribution < -0.4 is 26.0 Å². The molecule has 13 heteroatoms. The fraction of sp³-hybridized carbons (Fsp3) is 0.475. The molecular formula is C40H47N9O4. The highest BCUT2D eigenvalue weighted by molar-refractivity contribution is 6.01. The number of nitrogens with one attached hydrogen (secondary N) is 2. The number of benzene rings is 1. The van der Waals surface area contributed by atoms with Gasteiger partial charge in [0.15, 0.2) is 5.78 Å². The van der Waals surface area contributed by atoms with E-state index in [2.05, 4.69) is 48.5 Å². The van der Waals surface area contributed by atoms with Crippen molar-refractivity contribution in [2.24, 2.45) is 0 Å². The van der Waals surface area contributed by atoms with Crippen LogP contribution in [0.1, 0.15) is 91.7 Å². The zero-order valence-electron chi connectivity index (χ0n) is 30.5. The number of amides is 2. The maximum atomic E-state index is 13.6. The summed E-state index contributed by atoms with van der Waals surface area (Å²) in [6.07, 6.45) is 10.6. The molecule has 4 fully saturated rings. The SMILES string of the molecule is CC(=O)c1c(C)c2cnc(Nc3ccc(N4CCC(N5CCN(c6ccc(C7CCC(=O)NC7=O)cc6)CC5)CC4)cn3)nc2n(C2CCCC2)c1=O. The number of pyridine rings is 2. The highest BCUT2D eigenvalue weighted by atomic mass is 16.2. The minimum absolute atomic E-state index is 0.0238. The number of carbonyl (C=O) groups is 3. The molecule has 53 heavy (non-hydrogen) atoms. The lowest BCUT2D eigenvalue weighted by molar-refractivity contribution is -0.134. The van der Waals surface area contributed by atoms with E-state index in [9.17, 15) is 19.2 Å². The van der Waals surface area contributed by atoms with E-state index in [0.717, 1.165) is 94.4 Å². The second kappa shape index (κ2) is 14.7. The Morgan fingerprint density at radius 2 is 1.49 bits per heavy atom. The molecule has 1 atom stereocenters. The third-order valence-electron chi connectivity index (χ3n) is 11.8. The quantitative estimate of drug-likeness (QED) is 0.190. The Kier molecular flexibility index (Phi) is 9.67. The Bertz CT molecular complexity index is 2080. The van der Waals surface area contributed by atoms with E-state index in [1.165, 1.54) is 12.6 Å². The maximum Gasteiger partial charge on any atom is 0.263 e. The van der Waals surface area contributed by atoms with Gasteiger partial charge in [-0.15, -0.1) is 0 Å². The molecule has 0 radical (unpaired) electrons. The molecule has 4 aromatic rings. The molecule has 6 heterocycles. The summed E-state index contributed by atoms with van der Waals surface area (Å²) in [6.45, 7) is 9.16. The monoisotopic (exact) mass is 717 g/mol. The molecule has 2 amide bonds. The number of Topliss-reactive ketones (excluding diaryl/α,β-unsaturated/α-hetero) is 1. The Labute approximate surface area is 308 Å². The van der Waals surface area contributed by atoms with Gasteiger partial charge >= 0.3 is 0 Å². The largest absolute Gasteiger partial charge is 0.370 e. The zero-order valence-corrected chi connectivity index (χ0v) is 30.5. The highest BCUT2D eigenvalue weighted by Crippen LogP contribution is 2.33. The first kappa shape index (κ1) is 34.9. The molecule has 1 aliphatic carbocycles. The number of carbonyl (C=O) groups excluding carboxylic acids is 3. The number of anilines is 4. The van der Waals surface area contributed by atoms with Crippen molar-refractivity contribution in [1.29, 1.82) is 0 Å². The fourth-order valence-corrected chi connectivity index (χ4v) is 8.83. The molecule has 1 aromatic carbocycles. The molecule has 3 aliphatic heterocycles. The Morgan fingerprint density at radius 3 is 2.15 bits per heavy atom. The number of piperazine rings is 1. The van der Waals surface area contributed by atoms with Crippen molar-refractivity contribution < 1.29 is 14.4 Å². The van der Waals surface area contributed by atoms with Gasteiger partial charge in [-0.05, 0) is 81.3 Å². The molecule has 1 unspecified atom stereocenters. The minimum atomic E-state index is -0.261. The van der Waals surface area contributed by atoms with E-state index in [1.807, 2.05) is 24.4 Å². The number of aromatic nitrogens is 4. The maximum absolute atomic E-state index is 13.6. The van der Waals surface area contributed by atoms with Gasteiger partial charge in [-0.2, -0.15) is 4.98 Å². The molecule has 4 aliphatic rings. The zero-order chi connectivity index (χ0) is 36.6. The molecular weight excluding hydrogens is 670 g/mol. The molecule has 8 rings (SSSR count). The number of piperidine rings is 2. The number of aryl methyl sites for hydroxylation is 1. The molecule has 0 bridgehead atoms. The van der Waals surface area contributed by atoms with Crippen LogP contribution in [0.25, 0.3) is 11.0 Å². The summed E-state index contributed by atoms with van der Waals surface area (Å²) in [5.41, 5.74) is 4.38. The van der Waals surface area contributed by atoms with Crippen molar-refractivity contribution in [1.82, 2.24) is 29.7 Å². The summed E-state index contributed by atoms with van der Waals surface area (Å²) in [7, 11) is 0. The number of nitrogens with zero attached hydrogens (tertiary/aromatic N) is 7. The van der Waals surface area contributed by atoms with E-state index >= 15 is 0 Å². The number of hydrogen-bond acceptors (Lipinski definition) is 11. The second-order valence-electron chi connectivity index (χ2n) is 15.0. The van der Waals surface area contributed by atoms with Crippen LogP contribution in [0.4, 0.5) is 23.1 Å².